The van der Waals surface area contributed by atoms with Gasteiger partial charge in [-0.15, -0.1) is 11.3 Å². The van der Waals surface area contributed by atoms with Crippen LogP contribution in [0.5, 0.6) is 0 Å². The predicted molar refractivity (Wildman–Crippen MR) is 90.0 cm³/mol. The fourth-order valence-corrected chi connectivity index (χ4v) is 4.14. The van der Waals surface area contributed by atoms with E-state index in [4.69, 9.17) is 5.11 Å². The first-order valence-electron chi connectivity index (χ1n) is 7.80. The number of amides is 1. The molecule has 1 heterocycles. The van der Waals surface area contributed by atoms with Crippen LogP contribution in [0.1, 0.15) is 32.1 Å². The Bertz CT molecular complexity index is 687. The molecule has 1 N–H and O–H groups in total. The zero-order valence-electron chi connectivity index (χ0n) is 12.8. The fraction of sp³-hybridized carbons (Fsp3) is 0.333. The number of nitrogens with zero attached hydrogens (tertiary/aromatic N) is 1. The highest BCUT2D eigenvalue weighted by molar-refractivity contribution is 7.14. The van der Waals surface area contributed by atoms with Gasteiger partial charge in [0.2, 0.25) is 0 Å². The number of aryl methyl sites for hydroxylation is 2. The lowest BCUT2D eigenvalue weighted by atomic mass is 10.1. The largest absolute Gasteiger partial charge is 0.480 e. The van der Waals surface area contributed by atoms with Gasteiger partial charge in [0.1, 0.15) is 6.54 Å². The maximum atomic E-state index is 12.7. The number of hydrogen-bond acceptors (Lipinski definition) is 3. The van der Waals surface area contributed by atoms with Crippen LogP contribution in [-0.2, 0) is 24.1 Å². The molecule has 0 bridgehead atoms. The Labute approximate surface area is 139 Å². The van der Waals surface area contributed by atoms with Crippen LogP contribution in [0, 0.1) is 0 Å². The molecule has 0 saturated carbocycles. The van der Waals surface area contributed by atoms with Crippen LogP contribution in [0.15, 0.2) is 36.4 Å². The number of aliphatic carboxylic acids is 1. The number of carboxylic acid groups (broad SMARTS) is 1. The minimum atomic E-state index is -0.976. The third-order valence-electron chi connectivity index (χ3n) is 4.08. The Morgan fingerprint density at radius 3 is 2.65 bits per heavy atom. The van der Waals surface area contributed by atoms with Crippen molar-refractivity contribution in [1.29, 1.82) is 0 Å². The van der Waals surface area contributed by atoms with E-state index in [9.17, 15) is 9.59 Å². The molecule has 4 nitrogen and oxygen atoms in total. The highest BCUT2D eigenvalue weighted by Gasteiger charge is 2.23. The average Bonchev–Trinajstić information content (AvgIpc) is 3.13. The Morgan fingerprint density at radius 1 is 1.17 bits per heavy atom. The average molecular weight is 329 g/mol. The summed E-state index contributed by atoms with van der Waals surface area (Å²) >= 11 is 1.52. The van der Waals surface area contributed by atoms with Crippen LogP contribution in [0.4, 0.5) is 0 Å². The number of fused-ring (bicyclic) bond motifs is 1. The van der Waals surface area contributed by atoms with E-state index in [1.54, 1.807) is 0 Å². The molecule has 0 saturated heterocycles. The van der Waals surface area contributed by atoms with Crippen molar-refractivity contribution in [3.8, 4) is 0 Å². The van der Waals surface area contributed by atoms with E-state index in [-0.39, 0.29) is 12.5 Å². The molecule has 23 heavy (non-hydrogen) atoms. The van der Waals surface area contributed by atoms with E-state index in [1.165, 1.54) is 26.7 Å². The topological polar surface area (TPSA) is 57.6 Å². The lowest BCUT2D eigenvalue weighted by Crippen LogP contribution is -2.36. The van der Waals surface area contributed by atoms with Gasteiger partial charge < -0.3 is 10.0 Å². The van der Waals surface area contributed by atoms with Gasteiger partial charge in [0.25, 0.3) is 5.91 Å². The minimum absolute atomic E-state index is 0.164. The Balaban J connectivity index is 1.72. The lowest BCUT2D eigenvalue weighted by Gasteiger charge is -2.20. The zero-order chi connectivity index (χ0) is 16.2. The van der Waals surface area contributed by atoms with Gasteiger partial charge in [-0.25, -0.2) is 0 Å². The van der Waals surface area contributed by atoms with Gasteiger partial charge in [0.15, 0.2) is 0 Å². The van der Waals surface area contributed by atoms with Gasteiger partial charge in [-0.3, -0.25) is 9.59 Å². The number of hydrogen-bond donors (Lipinski definition) is 1. The Morgan fingerprint density at radius 2 is 1.96 bits per heavy atom. The maximum Gasteiger partial charge on any atom is 0.323 e. The first-order chi connectivity index (χ1) is 11.1. The van der Waals surface area contributed by atoms with Crippen molar-refractivity contribution in [3.05, 3.63) is 57.3 Å². The van der Waals surface area contributed by atoms with Crippen LogP contribution in [0.2, 0.25) is 0 Å². The van der Waals surface area contributed by atoms with Crippen LogP contribution < -0.4 is 0 Å². The summed E-state index contributed by atoms with van der Waals surface area (Å²) in [4.78, 5) is 27.2. The van der Waals surface area contributed by atoms with E-state index in [1.807, 2.05) is 36.4 Å². The molecule has 3 rings (SSSR count). The molecule has 0 spiro atoms. The molecule has 2 aromatic rings. The van der Waals surface area contributed by atoms with E-state index < -0.39 is 5.97 Å². The number of benzene rings is 1. The molecule has 0 radical (unpaired) electrons. The van der Waals surface area contributed by atoms with Gasteiger partial charge >= 0.3 is 5.97 Å². The van der Waals surface area contributed by atoms with E-state index in [0.717, 1.165) is 24.8 Å². The molecule has 1 aromatic heterocycles. The second kappa shape index (κ2) is 6.96. The Hall–Kier alpha value is -2.14. The van der Waals surface area contributed by atoms with Crippen molar-refractivity contribution in [2.75, 3.05) is 13.1 Å². The zero-order valence-corrected chi connectivity index (χ0v) is 13.6. The number of carbonyl (C=O) groups excluding carboxylic acids is 1. The van der Waals surface area contributed by atoms with Crippen molar-refractivity contribution < 1.29 is 14.7 Å². The first kappa shape index (κ1) is 15.7. The molecular weight excluding hydrogens is 310 g/mol. The van der Waals surface area contributed by atoms with Gasteiger partial charge in [-0.2, -0.15) is 0 Å². The quantitative estimate of drug-likeness (QED) is 0.886. The third kappa shape index (κ3) is 3.79. The van der Waals surface area contributed by atoms with Gasteiger partial charge in [-0.05, 0) is 42.9 Å². The smallest absolute Gasteiger partial charge is 0.323 e. The van der Waals surface area contributed by atoms with Gasteiger partial charge in [0.05, 0.1) is 4.88 Å². The molecule has 1 amide bonds. The third-order valence-corrected chi connectivity index (χ3v) is 5.31. The molecule has 0 aliphatic heterocycles. The van der Waals surface area contributed by atoms with Crippen LogP contribution >= 0.6 is 11.3 Å². The highest BCUT2D eigenvalue weighted by Crippen LogP contribution is 2.31. The summed E-state index contributed by atoms with van der Waals surface area (Å²) in [7, 11) is 0. The highest BCUT2D eigenvalue weighted by atomic mass is 32.1. The summed E-state index contributed by atoms with van der Waals surface area (Å²) < 4.78 is 0. The summed E-state index contributed by atoms with van der Waals surface area (Å²) in [6.45, 7) is 0.159. The summed E-state index contributed by atoms with van der Waals surface area (Å²) in [6, 6.07) is 11.8. The molecule has 0 fully saturated rings. The predicted octanol–water partition coefficient (Wildman–Crippen LogP) is 3.01. The van der Waals surface area contributed by atoms with Crippen molar-refractivity contribution in [2.45, 2.75) is 25.7 Å². The van der Waals surface area contributed by atoms with Gasteiger partial charge in [-0.1, -0.05) is 30.3 Å². The van der Waals surface area contributed by atoms with Crippen molar-refractivity contribution in [1.82, 2.24) is 4.90 Å². The maximum absolute atomic E-state index is 12.7. The SMILES string of the molecule is O=C(O)CN(CCc1ccccc1)C(=O)c1cc2c(s1)CCC2. The molecule has 0 unspecified atom stereocenters. The fourth-order valence-electron chi connectivity index (χ4n) is 2.91. The second-order valence-electron chi connectivity index (χ2n) is 5.77. The number of thiophene rings is 1. The van der Waals surface area contributed by atoms with Crippen molar-refractivity contribution >= 4 is 23.2 Å². The Kier molecular flexibility index (Phi) is 4.76. The molecule has 1 aromatic carbocycles. The number of carboxylic acids is 1. The monoisotopic (exact) mass is 329 g/mol. The summed E-state index contributed by atoms with van der Waals surface area (Å²) in [6.07, 6.45) is 3.88. The molecule has 120 valence electrons. The molecule has 1 aliphatic carbocycles. The van der Waals surface area contributed by atoms with Crippen molar-refractivity contribution in [2.24, 2.45) is 0 Å². The summed E-state index contributed by atoms with van der Waals surface area (Å²) in [5.41, 5.74) is 2.36. The molecule has 0 atom stereocenters. The van der Waals surface area contributed by atoms with Crippen LogP contribution in [0.3, 0.4) is 0 Å². The standard InChI is InChI=1S/C18H19NO3S/c20-17(21)12-19(10-9-13-5-2-1-3-6-13)18(22)16-11-14-7-4-8-15(14)23-16/h1-3,5-6,11H,4,7-10,12H2,(H,20,21). The molecule has 1 aliphatic rings. The van der Waals surface area contributed by atoms with Crippen molar-refractivity contribution in [3.63, 3.8) is 0 Å². The minimum Gasteiger partial charge on any atom is -0.480 e. The van der Waals surface area contributed by atoms with E-state index in [0.29, 0.717) is 17.8 Å². The molecular formula is C18H19NO3S. The number of rotatable bonds is 6. The summed E-state index contributed by atoms with van der Waals surface area (Å²) in [5.74, 6) is -1.14. The second-order valence-corrected chi connectivity index (χ2v) is 6.91. The molecule has 5 heteroatoms. The summed E-state index contributed by atoms with van der Waals surface area (Å²) in [5, 5.41) is 9.10. The lowest BCUT2D eigenvalue weighted by molar-refractivity contribution is -0.137. The normalized spacial score (nSPS) is 12.9. The van der Waals surface area contributed by atoms with Gasteiger partial charge in [0, 0.05) is 11.4 Å². The van der Waals surface area contributed by atoms with Crippen LogP contribution in [-0.4, -0.2) is 35.0 Å². The number of carbonyl (C=O) groups is 2. The van der Waals surface area contributed by atoms with E-state index in [2.05, 4.69) is 0 Å². The van der Waals surface area contributed by atoms with E-state index >= 15 is 0 Å². The first-order valence-corrected chi connectivity index (χ1v) is 8.61. The van der Waals surface area contributed by atoms with Crippen LogP contribution in [0.25, 0.3) is 0 Å².